The van der Waals surface area contributed by atoms with Crippen molar-refractivity contribution in [1.29, 1.82) is 0 Å². The number of nitrogens with zero attached hydrogens (tertiary/aromatic N) is 2. The van der Waals surface area contributed by atoms with Gasteiger partial charge >= 0.3 is 0 Å². The molecule has 4 rings (SSSR count). The van der Waals surface area contributed by atoms with Crippen molar-refractivity contribution in [2.75, 3.05) is 23.9 Å². The number of carbonyl (C=O) groups is 2. The molecule has 0 unspecified atom stereocenters. The highest BCUT2D eigenvalue weighted by Crippen LogP contribution is 2.39. The van der Waals surface area contributed by atoms with E-state index in [0.717, 1.165) is 41.8 Å². The molecule has 0 radical (unpaired) electrons. The number of rotatable bonds is 4. The Labute approximate surface area is 180 Å². The predicted molar refractivity (Wildman–Crippen MR) is 119 cm³/mol. The molecule has 1 atom stereocenters. The zero-order chi connectivity index (χ0) is 21.4. The lowest BCUT2D eigenvalue weighted by Crippen LogP contribution is -2.42. The Hall–Kier alpha value is -2.86. The molecular formula is C23H24ClN3O3. The van der Waals surface area contributed by atoms with Gasteiger partial charge in [-0.3, -0.25) is 14.6 Å². The van der Waals surface area contributed by atoms with Gasteiger partial charge in [0.05, 0.1) is 29.4 Å². The van der Waals surface area contributed by atoms with Crippen molar-refractivity contribution in [1.82, 2.24) is 0 Å². The Morgan fingerprint density at radius 2 is 2.03 bits per heavy atom. The third-order valence-electron chi connectivity index (χ3n) is 5.78. The SMILES string of the molecule is COc1ccc(NC(=O)CN2C(=O)[C@H]3CCCC3=Nc3cc(C)c(C)cc32)cc1Cl. The van der Waals surface area contributed by atoms with Crippen LogP contribution in [0.15, 0.2) is 35.3 Å². The maximum atomic E-state index is 13.3. The van der Waals surface area contributed by atoms with Gasteiger partial charge in [0.2, 0.25) is 11.8 Å². The first kappa shape index (κ1) is 20.4. The fourth-order valence-corrected chi connectivity index (χ4v) is 4.29. The van der Waals surface area contributed by atoms with E-state index < -0.39 is 0 Å². The van der Waals surface area contributed by atoms with Crippen LogP contribution < -0.4 is 15.0 Å². The number of amides is 2. The van der Waals surface area contributed by atoms with Gasteiger partial charge in [-0.2, -0.15) is 0 Å². The van der Waals surface area contributed by atoms with Crippen molar-refractivity contribution >= 4 is 46.2 Å². The van der Waals surface area contributed by atoms with Crippen LogP contribution in [0.4, 0.5) is 17.1 Å². The van der Waals surface area contributed by atoms with Crippen LogP contribution in [0.1, 0.15) is 30.4 Å². The molecule has 1 aliphatic heterocycles. The predicted octanol–water partition coefficient (Wildman–Crippen LogP) is 4.82. The van der Waals surface area contributed by atoms with Crippen molar-refractivity contribution in [3.05, 3.63) is 46.5 Å². The summed E-state index contributed by atoms with van der Waals surface area (Å²) in [5, 5.41) is 3.23. The summed E-state index contributed by atoms with van der Waals surface area (Å²) in [4.78, 5) is 32.6. The first-order valence-electron chi connectivity index (χ1n) is 10.0. The van der Waals surface area contributed by atoms with Crippen LogP contribution in [0.5, 0.6) is 5.75 Å². The van der Waals surface area contributed by atoms with Gasteiger partial charge in [0.1, 0.15) is 12.3 Å². The van der Waals surface area contributed by atoms with Gasteiger partial charge in [-0.15, -0.1) is 0 Å². The maximum Gasteiger partial charge on any atom is 0.244 e. The van der Waals surface area contributed by atoms with Crippen molar-refractivity contribution in [3.8, 4) is 5.75 Å². The van der Waals surface area contributed by atoms with Crippen LogP contribution in [0, 0.1) is 19.8 Å². The minimum Gasteiger partial charge on any atom is -0.495 e. The summed E-state index contributed by atoms with van der Waals surface area (Å²) in [6.45, 7) is 3.94. The second-order valence-electron chi connectivity index (χ2n) is 7.80. The minimum absolute atomic E-state index is 0.0591. The van der Waals surface area contributed by atoms with Crippen LogP contribution in [-0.4, -0.2) is 31.2 Å². The lowest BCUT2D eigenvalue weighted by atomic mass is 10.0. The Morgan fingerprint density at radius 1 is 1.27 bits per heavy atom. The molecule has 1 N–H and O–H groups in total. The van der Waals surface area contributed by atoms with Crippen molar-refractivity contribution < 1.29 is 14.3 Å². The average Bonchev–Trinajstić information content (AvgIpc) is 3.13. The lowest BCUT2D eigenvalue weighted by Gasteiger charge is -2.25. The normalized spacial score (nSPS) is 17.7. The van der Waals surface area contributed by atoms with E-state index in [1.54, 1.807) is 23.1 Å². The number of aryl methyl sites for hydroxylation is 2. The van der Waals surface area contributed by atoms with Crippen molar-refractivity contribution in [3.63, 3.8) is 0 Å². The molecule has 0 aromatic heterocycles. The standard InChI is InChI=1S/C23H24ClN3O3/c1-13-9-19-20(10-14(13)2)27(23(29)16-5-4-6-18(16)26-19)12-22(28)25-15-7-8-21(30-3)17(24)11-15/h7-11,16H,4-6,12H2,1-3H3,(H,25,28)/t16-/m0/s1. The maximum absolute atomic E-state index is 13.3. The van der Waals surface area contributed by atoms with Crippen LogP contribution in [0.3, 0.4) is 0 Å². The highest BCUT2D eigenvalue weighted by molar-refractivity contribution is 6.32. The van der Waals surface area contributed by atoms with E-state index in [-0.39, 0.29) is 24.3 Å². The molecule has 2 amide bonds. The quantitative estimate of drug-likeness (QED) is 0.763. The molecule has 2 aromatic rings. The number of benzene rings is 2. The zero-order valence-corrected chi connectivity index (χ0v) is 18.0. The number of carbonyl (C=O) groups excluding carboxylic acids is 2. The second kappa shape index (κ2) is 8.11. The van der Waals surface area contributed by atoms with Crippen LogP contribution in [0.25, 0.3) is 0 Å². The molecule has 1 heterocycles. The third-order valence-corrected chi connectivity index (χ3v) is 6.07. The van der Waals surface area contributed by atoms with E-state index in [2.05, 4.69) is 5.32 Å². The first-order chi connectivity index (χ1) is 14.4. The molecule has 7 heteroatoms. The largest absolute Gasteiger partial charge is 0.495 e. The van der Waals surface area contributed by atoms with E-state index >= 15 is 0 Å². The molecule has 0 saturated heterocycles. The fourth-order valence-electron chi connectivity index (χ4n) is 4.03. The molecule has 0 bridgehead atoms. The Balaban J connectivity index is 1.63. The fraction of sp³-hybridized carbons (Fsp3) is 0.348. The lowest BCUT2D eigenvalue weighted by molar-refractivity contribution is -0.122. The number of nitrogens with one attached hydrogen (secondary N) is 1. The second-order valence-corrected chi connectivity index (χ2v) is 8.20. The number of aliphatic imine (C=N–C) groups is 1. The van der Waals surface area contributed by atoms with Crippen molar-refractivity contribution in [2.24, 2.45) is 10.9 Å². The average molecular weight is 426 g/mol. The number of anilines is 2. The van der Waals surface area contributed by atoms with Crippen LogP contribution >= 0.6 is 11.6 Å². The number of ether oxygens (including phenoxy) is 1. The van der Waals surface area contributed by atoms with E-state index in [1.807, 2.05) is 26.0 Å². The number of fused-ring (bicyclic) bond motifs is 2. The molecule has 1 aliphatic carbocycles. The van der Waals surface area contributed by atoms with E-state index in [9.17, 15) is 9.59 Å². The Kier molecular flexibility index (Phi) is 5.52. The highest BCUT2D eigenvalue weighted by Gasteiger charge is 2.37. The van der Waals surface area contributed by atoms with Crippen LogP contribution in [0.2, 0.25) is 5.02 Å². The number of halogens is 1. The Bertz CT molecular complexity index is 1060. The Morgan fingerprint density at radius 3 is 2.77 bits per heavy atom. The van der Waals surface area contributed by atoms with E-state index in [4.69, 9.17) is 21.3 Å². The third kappa shape index (κ3) is 3.79. The summed E-state index contributed by atoms with van der Waals surface area (Å²) in [6, 6.07) is 8.98. The molecule has 156 valence electrons. The smallest absolute Gasteiger partial charge is 0.244 e. The molecule has 0 spiro atoms. The van der Waals surface area contributed by atoms with Gasteiger partial charge in [-0.05, 0) is 74.6 Å². The van der Waals surface area contributed by atoms with Gasteiger partial charge in [-0.1, -0.05) is 11.6 Å². The van der Waals surface area contributed by atoms with E-state index in [1.165, 1.54) is 7.11 Å². The van der Waals surface area contributed by atoms with Crippen molar-refractivity contribution in [2.45, 2.75) is 33.1 Å². The highest BCUT2D eigenvalue weighted by atomic mass is 35.5. The number of hydrogen-bond donors (Lipinski definition) is 1. The minimum atomic E-state index is -0.296. The van der Waals surface area contributed by atoms with Crippen LogP contribution in [-0.2, 0) is 9.59 Å². The van der Waals surface area contributed by atoms with Gasteiger partial charge in [0.15, 0.2) is 0 Å². The summed E-state index contributed by atoms with van der Waals surface area (Å²) < 4.78 is 5.14. The van der Waals surface area contributed by atoms with Gasteiger partial charge in [0, 0.05) is 11.4 Å². The number of hydrogen-bond acceptors (Lipinski definition) is 4. The van der Waals surface area contributed by atoms with Gasteiger partial charge in [0.25, 0.3) is 0 Å². The summed E-state index contributed by atoms with van der Waals surface area (Å²) in [5.41, 5.74) is 5.08. The molecule has 2 aliphatic rings. The zero-order valence-electron chi connectivity index (χ0n) is 17.3. The monoisotopic (exact) mass is 425 g/mol. The molecular weight excluding hydrogens is 402 g/mol. The van der Waals surface area contributed by atoms with Gasteiger partial charge in [-0.25, -0.2) is 0 Å². The topological polar surface area (TPSA) is 71.0 Å². The van der Waals surface area contributed by atoms with Gasteiger partial charge < -0.3 is 15.0 Å². The summed E-state index contributed by atoms with van der Waals surface area (Å²) in [5.74, 6) is -0.0735. The molecule has 1 fully saturated rings. The first-order valence-corrected chi connectivity index (χ1v) is 10.4. The summed E-state index contributed by atoms with van der Waals surface area (Å²) >= 11 is 6.15. The number of methoxy groups -OCH3 is 1. The molecule has 2 aromatic carbocycles. The molecule has 1 saturated carbocycles. The molecule has 30 heavy (non-hydrogen) atoms. The summed E-state index contributed by atoms with van der Waals surface area (Å²) in [6.07, 6.45) is 2.54. The summed E-state index contributed by atoms with van der Waals surface area (Å²) in [7, 11) is 1.53. The molecule has 6 nitrogen and oxygen atoms in total. The van der Waals surface area contributed by atoms with E-state index in [0.29, 0.717) is 22.1 Å².